The van der Waals surface area contributed by atoms with E-state index >= 15 is 0 Å². The molecule has 0 saturated carbocycles. The van der Waals surface area contributed by atoms with E-state index in [1.807, 2.05) is 36.4 Å². The minimum absolute atomic E-state index is 0.254. The highest BCUT2D eigenvalue weighted by Gasteiger charge is 2.36. The van der Waals surface area contributed by atoms with E-state index in [1.54, 1.807) is 30.3 Å². The summed E-state index contributed by atoms with van der Waals surface area (Å²) in [5, 5.41) is 2.50. The highest BCUT2D eigenvalue weighted by Crippen LogP contribution is 2.35. The molecule has 0 radical (unpaired) electrons. The number of benzene rings is 3. The van der Waals surface area contributed by atoms with Crippen molar-refractivity contribution in [1.29, 1.82) is 0 Å². The monoisotopic (exact) mass is 856 g/mol. The summed E-state index contributed by atoms with van der Waals surface area (Å²) in [6.07, 6.45) is 1.66. The molecule has 0 atom stereocenters. The number of nitrogens with zero attached hydrogens (tertiary/aromatic N) is 1. The Balaban J connectivity index is 1.44. The van der Waals surface area contributed by atoms with Gasteiger partial charge in [-0.1, -0.05) is 35.9 Å². The number of amides is 3. The molecular weight excluding hydrogens is 841 g/mol. The lowest BCUT2D eigenvalue weighted by atomic mass is 10.2. The van der Waals surface area contributed by atoms with E-state index in [9.17, 15) is 14.4 Å². The molecule has 0 bridgehead atoms. The number of carbonyl (C=O) groups is 3. The third-order valence-electron chi connectivity index (χ3n) is 4.94. The fourth-order valence-corrected chi connectivity index (χ4v) is 6.73. The summed E-state index contributed by atoms with van der Waals surface area (Å²) in [4.78, 5) is 38.9. The Hall–Kier alpha value is -1.36. The highest BCUT2D eigenvalue weighted by atomic mass is 127. The molecule has 36 heavy (non-hydrogen) atoms. The van der Waals surface area contributed by atoms with Gasteiger partial charge in [0.05, 0.1) is 22.8 Å². The fraction of sp³-hybridized carbons (Fsp3) is 0.0800. The van der Waals surface area contributed by atoms with Crippen molar-refractivity contribution < 1.29 is 19.1 Å². The Kier molecular flexibility index (Phi) is 9.57. The molecule has 184 valence electrons. The second-order valence-corrected chi connectivity index (χ2v) is 12.5. The number of carbonyl (C=O) groups excluding carboxylic acids is 3. The van der Waals surface area contributed by atoms with Gasteiger partial charge in [0, 0.05) is 3.57 Å². The van der Waals surface area contributed by atoms with Crippen LogP contribution in [0.2, 0.25) is 5.02 Å². The molecule has 3 aromatic carbocycles. The molecule has 0 spiro atoms. The van der Waals surface area contributed by atoms with E-state index in [2.05, 4.69) is 73.1 Å². The average molecular weight is 857 g/mol. The van der Waals surface area contributed by atoms with Gasteiger partial charge in [-0.05, 0) is 133 Å². The summed E-state index contributed by atoms with van der Waals surface area (Å²) in [5.74, 6) is -0.259. The van der Waals surface area contributed by atoms with Crippen LogP contribution in [0.5, 0.6) is 5.75 Å². The van der Waals surface area contributed by atoms with Crippen LogP contribution in [0.1, 0.15) is 11.1 Å². The van der Waals surface area contributed by atoms with Crippen LogP contribution in [0.4, 0.5) is 10.5 Å². The molecule has 1 fully saturated rings. The third kappa shape index (κ3) is 6.94. The van der Waals surface area contributed by atoms with Gasteiger partial charge in [0.1, 0.15) is 18.9 Å². The highest BCUT2D eigenvalue weighted by molar-refractivity contribution is 14.1. The number of para-hydroxylation sites is 1. The number of thioether (sulfide) groups is 1. The number of rotatable bonds is 7. The predicted molar refractivity (Wildman–Crippen MR) is 168 cm³/mol. The summed E-state index contributed by atoms with van der Waals surface area (Å²) in [5.41, 5.74) is 2.25. The van der Waals surface area contributed by atoms with Crippen LogP contribution in [0.25, 0.3) is 6.08 Å². The van der Waals surface area contributed by atoms with Crippen molar-refractivity contribution in [3.8, 4) is 5.75 Å². The van der Waals surface area contributed by atoms with Gasteiger partial charge < -0.3 is 10.1 Å². The Bertz CT molecular complexity index is 1360. The first-order valence-electron chi connectivity index (χ1n) is 10.4. The van der Waals surface area contributed by atoms with Crippen molar-refractivity contribution in [3.63, 3.8) is 0 Å². The first-order valence-corrected chi connectivity index (χ1v) is 14.8. The molecule has 11 heteroatoms. The zero-order valence-electron chi connectivity index (χ0n) is 18.3. The molecular formula is C25H16ClI3N2O4S. The topological polar surface area (TPSA) is 75.7 Å². The van der Waals surface area contributed by atoms with Crippen LogP contribution in [-0.4, -0.2) is 28.5 Å². The summed E-state index contributed by atoms with van der Waals surface area (Å²) >= 11 is 13.5. The van der Waals surface area contributed by atoms with Gasteiger partial charge in [-0.15, -0.1) is 0 Å². The summed E-state index contributed by atoms with van der Waals surface area (Å²) in [7, 11) is 0. The number of nitrogens with one attached hydrogen (secondary N) is 1. The van der Waals surface area contributed by atoms with Crippen molar-refractivity contribution in [3.05, 3.63) is 92.4 Å². The number of hydrogen-bond acceptors (Lipinski definition) is 5. The summed E-state index contributed by atoms with van der Waals surface area (Å²) in [6.45, 7) is 0.0467. The minimum Gasteiger partial charge on any atom is -0.487 e. The Morgan fingerprint density at radius 2 is 1.69 bits per heavy atom. The van der Waals surface area contributed by atoms with Gasteiger partial charge in [0.2, 0.25) is 5.91 Å². The van der Waals surface area contributed by atoms with Crippen molar-refractivity contribution in [2.24, 2.45) is 0 Å². The average Bonchev–Trinajstić information content (AvgIpc) is 3.08. The number of imide groups is 1. The number of halogens is 4. The second-order valence-electron chi connectivity index (χ2n) is 7.52. The maximum absolute atomic E-state index is 12.9. The fourth-order valence-electron chi connectivity index (χ4n) is 3.22. The molecule has 0 unspecified atom stereocenters. The SMILES string of the molecule is O=C(CN1C(=O)S/C(=C/c2cc(I)c(OCc3ccc(I)cc3)c(I)c2)C1=O)Nc1ccccc1Cl. The van der Waals surface area contributed by atoms with Crippen LogP contribution in [0.3, 0.4) is 0 Å². The Labute approximate surface area is 258 Å². The first-order chi connectivity index (χ1) is 17.2. The van der Waals surface area contributed by atoms with E-state index in [1.165, 1.54) is 0 Å². The normalized spacial score (nSPS) is 14.4. The van der Waals surface area contributed by atoms with Crippen LogP contribution in [-0.2, 0) is 16.2 Å². The standard InChI is InChI=1S/C25H16ClI3N2O4S/c26-17-3-1-2-4-20(17)30-22(32)12-31-24(33)21(36-25(31)34)11-15-9-18(28)23(19(29)10-15)35-13-14-5-7-16(27)8-6-14/h1-11H,12-13H2,(H,30,32)/b21-11+. The maximum atomic E-state index is 12.9. The van der Waals surface area contributed by atoms with E-state index in [4.69, 9.17) is 16.3 Å². The molecule has 1 N–H and O–H groups in total. The Morgan fingerprint density at radius 1 is 1.03 bits per heavy atom. The Morgan fingerprint density at radius 3 is 2.36 bits per heavy atom. The van der Waals surface area contributed by atoms with Gasteiger partial charge in [0.25, 0.3) is 11.1 Å². The minimum atomic E-state index is -0.511. The molecule has 0 aliphatic carbocycles. The molecule has 1 saturated heterocycles. The second kappa shape index (κ2) is 12.5. The molecule has 1 aliphatic rings. The van der Waals surface area contributed by atoms with Crippen molar-refractivity contribution in [1.82, 2.24) is 4.90 Å². The first kappa shape index (κ1) is 27.7. The van der Waals surface area contributed by atoms with Gasteiger partial charge in [-0.25, -0.2) is 0 Å². The molecule has 4 rings (SSSR count). The van der Waals surface area contributed by atoms with Crippen LogP contribution in [0.15, 0.2) is 65.6 Å². The van der Waals surface area contributed by atoms with E-state index in [-0.39, 0.29) is 4.91 Å². The van der Waals surface area contributed by atoms with Gasteiger partial charge >= 0.3 is 0 Å². The molecule has 0 aromatic heterocycles. The van der Waals surface area contributed by atoms with E-state index in [0.717, 1.165) is 44.2 Å². The molecule has 1 aliphatic heterocycles. The maximum Gasteiger partial charge on any atom is 0.294 e. The van der Waals surface area contributed by atoms with Gasteiger partial charge in [-0.3, -0.25) is 19.3 Å². The van der Waals surface area contributed by atoms with Crippen molar-refractivity contribution >= 4 is 120 Å². The summed E-state index contributed by atoms with van der Waals surface area (Å²) in [6, 6.07) is 18.7. The van der Waals surface area contributed by atoms with Gasteiger partial charge in [-0.2, -0.15) is 0 Å². The molecule has 3 amide bonds. The third-order valence-corrected chi connectivity index (χ3v) is 8.50. The number of ether oxygens (including phenoxy) is 1. The van der Waals surface area contributed by atoms with Crippen molar-refractivity contribution in [2.75, 3.05) is 11.9 Å². The lowest BCUT2D eigenvalue weighted by Gasteiger charge is -2.13. The van der Waals surface area contributed by atoms with Gasteiger partial charge in [0.15, 0.2) is 0 Å². The van der Waals surface area contributed by atoms with E-state index < -0.39 is 23.6 Å². The number of hydrogen-bond donors (Lipinski definition) is 1. The lowest BCUT2D eigenvalue weighted by Crippen LogP contribution is -2.36. The lowest BCUT2D eigenvalue weighted by molar-refractivity contribution is -0.127. The van der Waals surface area contributed by atoms with Crippen LogP contribution >= 0.6 is 91.1 Å². The molecule has 6 nitrogen and oxygen atoms in total. The quantitative estimate of drug-likeness (QED) is 0.198. The molecule has 1 heterocycles. The summed E-state index contributed by atoms with van der Waals surface area (Å²) < 4.78 is 8.98. The van der Waals surface area contributed by atoms with E-state index in [0.29, 0.717) is 17.3 Å². The smallest absolute Gasteiger partial charge is 0.294 e. The zero-order chi connectivity index (χ0) is 25.8. The van der Waals surface area contributed by atoms with Crippen LogP contribution in [0, 0.1) is 10.7 Å². The zero-order valence-corrected chi connectivity index (χ0v) is 26.3. The van der Waals surface area contributed by atoms with Crippen molar-refractivity contribution in [2.45, 2.75) is 6.61 Å². The predicted octanol–water partition coefficient (Wildman–Crippen LogP) is 7.41. The largest absolute Gasteiger partial charge is 0.487 e. The number of anilines is 1. The van der Waals surface area contributed by atoms with Crippen LogP contribution < -0.4 is 10.1 Å². The molecule has 3 aromatic rings.